The van der Waals surface area contributed by atoms with Crippen LogP contribution in [0.1, 0.15) is 49.5 Å². The molecule has 3 aromatic rings. The zero-order chi connectivity index (χ0) is 27.2. The fourth-order valence-corrected chi connectivity index (χ4v) is 5.22. The van der Waals surface area contributed by atoms with Gasteiger partial charge in [-0.1, -0.05) is 37.5 Å². The lowest BCUT2D eigenvalue weighted by Gasteiger charge is -2.36. The first kappa shape index (κ1) is 26.5. The molecule has 1 saturated carbocycles. The summed E-state index contributed by atoms with van der Waals surface area (Å²) in [5, 5.41) is 3.21. The fourth-order valence-electron chi connectivity index (χ4n) is 5.22. The molecule has 0 bridgehead atoms. The number of ether oxygens (including phenoxy) is 4. The van der Waals surface area contributed by atoms with Gasteiger partial charge in [0.05, 0.1) is 27.0 Å². The van der Waals surface area contributed by atoms with Crippen LogP contribution in [0, 0.1) is 0 Å². The lowest BCUT2D eigenvalue weighted by molar-refractivity contribution is -0.149. The van der Waals surface area contributed by atoms with Crippen LogP contribution in [0.3, 0.4) is 0 Å². The number of benzene rings is 2. The Morgan fingerprint density at radius 1 is 0.974 bits per heavy atom. The Kier molecular flexibility index (Phi) is 8.24. The predicted octanol–water partition coefficient (Wildman–Crippen LogP) is 4.66. The molecular weight excluding hydrogens is 500 g/mol. The minimum absolute atomic E-state index is 0.0212. The van der Waals surface area contributed by atoms with Gasteiger partial charge in [0, 0.05) is 6.04 Å². The van der Waals surface area contributed by atoms with Gasteiger partial charge in [-0.25, -0.2) is 0 Å². The zero-order valence-corrected chi connectivity index (χ0v) is 22.3. The Morgan fingerprint density at radius 3 is 2.46 bits per heavy atom. The molecule has 1 aliphatic carbocycles. The molecule has 1 aliphatic heterocycles. The van der Waals surface area contributed by atoms with E-state index in [2.05, 4.69) is 5.32 Å². The number of fused-ring (bicyclic) bond motifs is 1. The summed E-state index contributed by atoms with van der Waals surface area (Å²) in [7, 11) is 3.09. The van der Waals surface area contributed by atoms with E-state index in [1.165, 1.54) is 12.0 Å². The topological polar surface area (TPSA) is 99.5 Å². The minimum Gasteiger partial charge on any atom is -0.493 e. The summed E-state index contributed by atoms with van der Waals surface area (Å²) in [6.07, 6.45) is 5.71. The largest absolute Gasteiger partial charge is 0.493 e. The Balaban J connectivity index is 1.52. The van der Waals surface area contributed by atoms with Crippen LogP contribution in [0.15, 0.2) is 65.3 Å². The van der Waals surface area contributed by atoms with Gasteiger partial charge >= 0.3 is 0 Å². The van der Waals surface area contributed by atoms with Crippen molar-refractivity contribution in [2.24, 2.45) is 0 Å². The highest BCUT2D eigenvalue weighted by atomic mass is 16.6. The molecule has 1 aromatic heterocycles. The molecule has 0 unspecified atom stereocenters. The number of hydrogen-bond acceptors (Lipinski definition) is 7. The van der Waals surface area contributed by atoms with Gasteiger partial charge in [-0.3, -0.25) is 9.59 Å². The van der Waals surface area contributed by atoms with Gasteiger partial charge in [-0.2, -0.15) is 0 Å². The molecule has 1 N–H and O–H groups in total. The van der Waals surface area contributed by atoms with Crippen LogP contribution >= 0.6 is 0 Å². The van der Waals surface area contributed by atoms with Gasteiger partial charge in [0.15, 0.2) is 23.0 Å². The molecule has 206 valence electrons. The second-order valence-corrected chi connectivity index (χ2v) is 9.77. The van der Waals surface area contributed by atoms with Crippen molar-refractivity contribution in [1.82, 2.24) is 10.2 Å². The number of methoxy groups -OCH3 is 2. The number of carbonyl (C=O) groups is 2. The maximum atomic E-state index is 14.2. The van der Waals surface area contributed by atoms with E-state index in [1.807, 2.05) is 12.1 Å². The molecule has 0 saturated heterocycles. The molecule has 1 fully saturated rings. The van der Waals surface area contributed by atoms with E-state index < -0.39 is 12.1 Å². The molecule has 2 aliphatic rings. The maximum Gasteiger partial charge on any atom is 0.268 e. The van der Waals surface area contributed by atoms with Gasteiger partial charge < -0.3 is 33.6 Å². The average molecular weight is 535 g/mol. The SMILES string of the molecule is COc1ccc([C@H](C(=O)NC2CCCCC2)N(Cc2ccco2)C(=O)[C@H]2COc3ccccc3O2)cc1OC. The first-order chi connectivity index (χ1) is 19.1. The average Bonchev–Trinajstić information content (AvgIpc) is 3.50. The van der Waals surface area contributed by atoms with E-state index in [0.29, 0.717) is 34.3 Å². The number of rotatable bonds is 9. The van der Waals surface area contributed by atoms with Crippen LogP contribution in [0.4, 0.5) is 0 Å². The molecule has 39 heavy (non-hydrogen) atoms. The molecule has 2 atom stereocenters. The second-order valence-electron chi connectivity index (χ2n) is 9.77. The highest BCUT2D eigenvalue weighted by molar-refractivity contribution is 5.91. The van der Waals surface area contributed by atoms with Crippen LogP contribution in [-0.4, -0.2) is 49.7 Å². The zero-order valence-electron chi connectivity index (χ0n) is 22.3. The van der Waals surface area contributed by atoms with Gasteiger partial charge in [-0.05, 0) is 54.8 Å². The lowest BCUT2D eigenvalue weighted by atomic mass is 9.94. The van der Waals surface area contributed by atoms with Gasteiger partial charge in [0.2, 0.25) is 12.0 Å². The Labute approximate surface area is 228 Å². The summed E-state index contributed by atoms with van der Waals surface area (Å²) in [5.74, 6) is 1.92. The van der Waals surface area contributed by atoms with Gasteiger partial charge in [-0.15, -0.1) is 0 Å². The van der Waals surface area contributed by atoms with Crippen molar-refractivity contribution in [2.45, 2.75) is 56.8 Å². The first-order valence-corrected chi connectivity index (χ1v) is 13.3. The van der Waals surface area contributed by atoms with E-state index >= 15 is 0 Å². The molecule has 9 heteroatoms. The molecular formula is C30H34N2O7. The molecule has 2 amide bonds. The summed E-state index contributed by atoms with van der Waals surface area (Å²) in [6.45, 7) is 0.0812. The van der Waals surface area contributed by atoms with Gasteiger partial charge in [0.1, 0.15) is 18.4 Å². The fraction of sp³-hybridized carbons (Fsp3) is 0.400. The summed E-state index contributed by atoms with van der Waals surface area (Å²) in [4.78, 5) is 29.7. The number of nitrogens with one attached hydrogen (secondary N) is 1. The number of nitrogens with zero attached hydrogens (tertiary/aromatic N) is 1. The molecule has 9 nitrogen and oxygen atoms in total. The van der Waals surface area contributed by atoms with Gasteiger partial charge in [0.25, 0.3) is 5.91 Å². The number of carbonyl (C=O) groups excluding carboxylic acids is 2. The van der Waals surface area contributed by atoms with Crippen LogP contribution in [0.25, 0.3) is 0 Å². The van der Waals surface area contributed by atoms with E-state index in [-0.39, 0.29) is 31.0 Å². The number of hydrogen-bond donors (Lipinski definition) is 1. The second kappa shape index (κ2) is 12.1. The van der Waals surface area contributed by atoms with E-state index in [0.717, 1.165) is 32.1 Å². The smallest absolute Gasteiger partial charge is 0.268 e. The Hall–Kier alpha value is -4.14. The van der Waals surface area contributed by atoms with Crippen molar-refractivity contribution in [3.63, 3.8) is 0 Å². The number of amides is 2. The van der Waals surface area contributed by atoms with Crippen LogP contribution in [0.2, 0.25) is 0 Å². The monoisotopic (exact) mass is 534 g/mol. The first-order valence-electron chi connectivity index (χ1n) is 13.3. The third kappa shape index (κ3) is 5.97. The normalized spacial score (nSPS) is 17.6. The minimum atomic E-state index is -0.981. The Morgan fingerprint density at radius 2 is 1.74 bits per heavy atom. The van der Waals surface area contributed by atoms with Crippen molar-refractivity contribution in [2.75, 3.05) is 20.8 Å². The molecule has 2 aromatic carbocycles. The van der Waals surface area contributed by atoms with Crippen molar-refractivity contribution >= 4 is 11.8 Å². The van der Waals surface area contributed by atoms with Crippen LogP contribution in [0.5, 0.6) is 23.0 Å². The van der Waals surface area contributed by atoms with Crippen LogP contribution < -0.4 is 24.3 Å². The van der Waals surface area contributed by atoms with E-state index in [9.17, 15) is 9.59 Å². The van der Waals surface area contributed by atoms with Crippen molar-refractivity contribution < 1.29 is 33.0 Å². The van der Waals surface area contributed by atoms with Crippen molar-refractivity contribution in [1.29, 1.82) is 0 Å². The third-order valence-electron chi connectivity index (χ3n) is 7.21. The predicted molar refractivity (Wildman–Crippen MR) is 143 cm³/mol. The highest BCUT2D eigenvalue weighted by Crippen LogP contribution is 2.36. The van der Waals surface area contributed by atoms with E-state index in [4.69, 9.17) is 23.4 Å². The molecule has 5 rings (SSSR count). The highest BCUT2D eigenvalue weighted by Gasteiger charge is 2.39. The third-order valence-corrected chi connectivity index (χ3v) is 7.21. The standard InChI is InChI=1S/C30H34N2O7/c1-35-23-15-14-20(17-26(23)36-2)28(29(33)31-21-9-4-3-5-10-21)32(18-22-11-8-16-37-22)30(34)27-19-38-24-12-6-7-13-25(24)39-27/h6-8,11-17,21,27-28H,3-5,9-10,18-19H2,1-2H3,(H,31,33)/t27-,28-/m1/s1. The van der Waals surface area contributed by atoms with Crippen molar-refractivity contribution in [3.8, 4) is 23.0 Å². The summed E-state index contributed by atoms with van der Waals surface area (Å²) in [6, 6.07) is 15.1. The quantitative estimate of drug-likeness (QED) is 0.426. The van der Waals surface area contributed by atoms with Crippen molar-refractivity contribution in [3.05, 3.63) is 72.2 Å². The lowest BCUT2D eigenvalue weighted by Crippen LogP contribution is -2.52. The summed E-state index contributed by atoms with van der Waals surface area (Å²) in [5.41, 5.74) is 0.581. The summed E-state index contributed by atoms with van der Waals surface area (Å²) >= 11 is 0. The van der Waals surface area contributed by atoms with E-state index in [1.54, 1.807) is 55.8 Å². The maximum absolute atomic E-state index is 14.2. The number of furan rings is 1. The molecule has 0 radical (unpaired) electrons. The van der Waals surface area contributed by atoms with Crippen LogP contribution in [-0.2, 0) is 16.1 Å². The molecule has 0 spiro atoms. The Bertz CT molecular complexity index is 1270. The summed E-state index contributed by atoms with van der Waals surface area (Å²) < 4.78 is 28.5. The molecule has 2 heterocycles. The number of para-hydroxylation sites is 2.